The molecule has 124 valence electrons. The normalized spacial score (nSPS) is 21.5. The molecule has 0 spiro atoms. The lowest BCUT2D eigenvalue weighted by Crippen LogP contribution is -2.35. The van der Waals surface area contributed by atoms with Crippen molar-refractivity contribution in [2.75, 3.05) is 26.3 Å². The maximum absolute atomic E-state index is 11.9. The minimum atomic E-state index is 0.152. The van der Waals surface area contributed by atoms with Crippen molar-refractivity contribution < 1.29 is 9.53 Å². The zero-order valence-corrected chi connectivity index (χ0v) is 13.7. The van der Waals surface area contributed by atoms with Crippen LogP contribution in [0.4, 0.5) is 0 Å². The summed E-state index contributed by atoms with van der Waals surface area (Å²) in [6, 6.07) is 8.56. The van der Waals surface area contributed by atoms with E-state index in [-0.39, 0.29) is 5.91 Å². The van der Waals surface area contributed by atoms with Crippen molar-refractivity contribution >= 4 is 5.91 Å². The molecule has 1 heterocycles. The Morgan fingerprint density at radius 2 is 1.91 bits per heavy atom. The lowest BCUT2D eigenvalue weighted by Gasteiger charge is -2.26. The van der Waals surface area contributed by atoms with E-state index in [1.54, 1.807) is 0 Å². The van der Waals surface area contributed by atoms with Gasteiger partial charge < -0.3 is 10.1 Å². The zero-order chi connectivity index (χ0) is 15.9. The van der Waals surface area contributed by atoms with Crippen molar-refractivity contribution in [3.63, 3.8) is 0 Å². The Morgan fingerprint density at radius 1 is 1.17 bits per heavy atom. The Balaban J connectivity index is 1.41. The van der Waals surface area contributed by atoms with E-state index in [9.17, 15) is 4.79 Å². The second-order valence-electron chi connectivity index (χ2n) is 6.45. The molecule has 0 radical (unpaired) electrons. The average Bonchev–Trinajstić information content (AvgIpc) is 3.08. The highest BCUT2D eigenvalue weighted by atomic mass is 16.5. The third kappa shape index (κ3) is 5.19. The number of hydrogen-bond acceptors (Lipinski definition) is 3. The second-order valence-corrected chi connectivity index (χ2v) is 6.45. The van der Waals surface area contributed by atoms with Gasteiger partial charge >= 0.3 is 0 Å². The highest BCUT2D eigenvalue weighted by Crippen LogP contribution is 2.20. The first-order valence-electron chi connectivity index (χ1n) is 8.61. The molecule has 1 amide bonds. The number of benzene rings is 1. The van der Waals surface area contributed by atoms with E-state index in [2.05, 4.69) is 46.6 Å². The number of allylic oxidation sites excluding steroid dienone is 2. The van der Waals surface area contributed by atoms with Crippen LogP contribution < -0.4 is 5.32 Å². The molecule has 1 N–H and O–H groups in total. The first kappa shape index (κ1) is 16.2. The monoisotopic (exact) mass is 314 g/mol. The third-order valence-electron chi connectivity index (χ3n) is 4.58. The fourth-order valence-electron chi connectivity index (χ4n) is 3.16. The molecule has 1 aromatic rings. The van der Waals surface area contributed by atoms with Gasteiger partial charge in [0.25, 0.3) is 0 Å². The van der Waals surface area contributed by atoms with Crippen molar-refractivity contribution in [2.24, 2.45) is 5.92 Å². The SMILES string of the molecule is O=C(C[C@@H]1C=CCC1)NCc1ccc(CN2CCOCC2)cc1. The molecule has 1 aromatic carbocycles. The Bertz CT molecular complexity index is 533. The molecule has 1 atom stereocenters. The van der Waals surface area contributed by atoms with E-state index in [1.165, 1.54) is 5.56 Å². The van der Waals surface area contributed by atoms with Crippen LogP contribution >= 0.6 is 0 Å². The lowest BCUT2D eigenvalue weighted by atomic mass is 10.0. The molecule has 4 heteroatoms. The van der Waals surface area contributed by atoms with E-state index in [1.807, 2.05) is 0 Å². The van der Waals surface area contributed by atoms with Crippen LogP contribution in [0.3, 0.4) is 0 Å². The maximum Gasteiger partial charge on any atom is 0.220 e. The van der Waals surface area contributed by atoms with Crippen LogP contribution in [0.15, 0.2) is 36.4 Å². The van der Waals surface area contributed by atoms with Crippen LogP contribution in [-0.2, 0) is 22.6 Å². The minimum Gasteiger partial charge on any atom is -0.379 e. The molecule has 0 saturated carbocycles. The van der Waals surface area contributed by atoms with E-state index < -0.39 is 0 Å². The number of morpholine rings is 1. The molecule has 0 aromatic heterocycles. The largest absolute Gasteiger partial charge is 0.379 e. The molecule has 3 rings (SSSR count). The van der Waals surface area contributed by atoms with Gasteiger partial charge in [0.2, 0.25) is 5.91 Å². The Hall–Kier alpha value is -1.65. The van der Waals surface area contributed by atoms with E-state index in [0.29, 0.717) is 18.9 Å². The molecule has 1 aliphatic heterocycles. The Kier molecular flexibility index (Phi) is 5.83. The Morgan fingerprint density at radius 3 is 2.61 bits per heavy atom. The van der Waals surface area contributed by atoms with Crippen molar-refractivity contribution in [1.82, 2.24) is 10.2 Å². The summed E-state index contributed by atoms with van der Waals surface area (Å²) >= 11 is 0. The van der Waals surface area contributed by atoms with Gasteiger partial charge in [-0.3, -0.25) is 9.69 Å². The summed E-state index contributed by atoms with van der Waals surface area (Å²) in [6.07, 6.45) is 7.18. The summed E-state index contributed by atoms with van der Waals surface area (Å²) in [6.45, 7) is 5.28. The molecule has 4 nitrogen and oxygen atoms in total. The molecule has 0 unspecified atom stereocenters. The zero-order valence-electron chi connectivity index (χ0n) is 13.7. The Labute approximate surface area is 138 Å². The summed E-state index contributed by atoms with van der Waals surface area (Å²) in [5.74, 6) is 0.588. The van der Waals surface area contributed by atoms with Crippen molar-refractivity contribution in [2.45, 2.75) is 32.4 Å². The molecule has 2 aliphatic rings. The predicted molar refractivity (Wildman–Crippen MR) is 90.9 cm³/mol. The number of rotatable bonds is 6. The van der Waals surface area contributed by atoms with Gasteiger partial charge in [-0.25, -0.2) is 0 Å². The van der Waals surface area contributed by atoms with Gasteiger partial charge in [0.1, 0.15) is 0 Å². The van der Waals surface area contributed by atoms with E-state index in [0.717, 1.165) is 51.3 Å². The number of hydrogen-bond donors (Lipinski definition) is 1. The summed E-state index contributed by atoms with van der Waals surface area (Å²) < 4.78 is 5.37. The van der Waals surface area contributed by atoms with Gasteiger partial charge in [-0.15, -0.1) is 0 Å². The highest BCUT2D eigenvalue weighted by molar-refractivity contribution is 5.76. The highest BCUT2D eigenvalue weighted by Gasteiger charge is 2.14. The first-order valence-corrected chi connectivity index (χ1v) is 8.61. The van der Waals surface area contributed by atoms with Gasteiger partial charge in [-0.1, -0.05) is 36.4 Å². The molecule has 1 fully saturated rings. The quantitative estimate of drug-likeness (QED) is 0.820. The summed E-state index contributed by atoms with van der Waals surface area (Å²) in [5.41, 5.74) is 2.48. The van der Waals surface area contributed by atoms with Crippen LogP contribution in [0.25, 0.3) is 0 Å². The summed E-state index contributed by atoms with van der Waals surface area (Å²) in [5, 5.41) is 3.03. The maximum atomic E-state index is 11.9. The number of nitrogens with one attached hydrogen (secondary N) is 1. The second kappa shape index (κ2) is 8.27. The standard InChI is InChI=1S/C19H26N2O2/c22-19(13-16-3-1-2-4-16)20-14-17-5-7-18(8-6-17)15-21-9-11-23-12-10-21/h1,3,5-8,16H,2,4,9-15H2,(H,20,22)/t16-/m1/s1. The fourth-order valence-corrected chi connectivity index (χ4v) is 3.16. The number of amides is 1. The number of nitrogens with zero attached hydrogens (tertiary/aromatic N) is 1. The molecule has 23 heavy (non-hydrogen) atoms. The van der Waals surface area contributed by atoms with Crippen molar-refractivity contribution in [1.29, 1.82) is 0 Å². The lowest BCUT2D eigenvalue weighted by molar-refractivity contribution is -0.121. The summed E-state index contributed by atoms with van der Waals surface area (Å²) in [4.78, 5) is 14.4. The number of carbonyl (C=O) groups is 1. The summed E-state index contributed by atoms with van der Waals surface area (Å²) in [7, 11) is 0. The van der Waals surface area contributed by atoms with Crippen LogP contribution in [0, 0.1) is 5.92 Å². The van der Waals surface area contributed by atoms with Gasteiger partial charge in [0.15, 0.2) is 0 Å². The van der Waals surface area contributed by atoms with Gasteiger partial charge in [0.05, 0.1) is 13.2 Å². The van der Waals surface area contributed by atoms with Crippen molar-refractivity contribution in [3.8, 4) is 0 Å². The van der Waals surface area contributed by atoms with E-state index >= 15 is 0 Å². The van der Waals surface area contributed by atoms with Gasteiger partial charge in [-0.2, -0.15) is 0 Å². The van der Waals surface area contributed by atoms with Crippen LogP contribution in [0.5, 0.6) is 0 Å². The average molecular weight is 314 g/mol. The minimum absolute atomic E-state index is 0.152. The fraction of sp³-hybridized carbons (Fsp3) is 0.526. The van der Waals surface area contributed by atoms with Crippen LogP contribution in [0.1, 0.15) is 30.4 Å². The smallest absolute Gasteiger partial charge is 0.220 e. The predicted octanol–water partition coefficient (Wildman–Crippen LogP) is 2.49. The number of ether oxygens (including phenoxy) is 1. The third-order valence-corrected chi connectivity index (χ3v) is 4.58. The molecule has 0 bridgehead atoms. The van der Waals surface area contributed by atoms with Crippen LogP contribution in [-0.4, -0.2) is 37.1 Å². The number of carbonyl (C=O) groups excluding carboxylic acids is 1. The molecule has 1 aliphatic carbocycles. The van der Waals surface area contributed by atoms with E-state index in [4.69, 9.17) is 4.74 Å². The van der Waals surface area contributed by atoms with Crippen molar-refractivity contribution in [3.05, 3.63) is 47.5 Å². The molecule has 1 saturated heterocycles. The first-order chi connectivity index (χ1) is 11.3. The van der Waals surface area contributed by atoms with Gasteiger partial charge in [-0.05, 0) is 29.9 Å². The topological polar surface area (TPSA) is 41.6 Å². The molecular formula is C19H26N2O2. The van der Waals surface area contributed by atoms with Gasteiger partial charge in [0, 0.05) is 32.6 Å². The van der Waals surface area contributed by atoms with Crippen LogP contribution in [0.2, 0.25) is 0 Å². The molecular weight excluding hydrogens is 288 g/mol.